The zero-order chi connectivity index (χ0) is 9.14. The molecule has 0 aliphatic heterocycles. The van der Waals surface area contributed by atoms with Crippen LogP contribution >= 0.6 is 11.6 Å². The molecule has 0 bridgehead atoms. The summed E-state index contributed by atoms with van der Waals surface area (Å²) in [4.78, 5) is 0. The molecule has 0 radical (unpaired) electrons. The van der Waals surface area contributed by atoms with E-state index in [-0.39, 0.29) is 0 Å². The second-order valence-electron chi connectivity index (χ2n) is 2.83. The predicted octanol–water partition coefficient (Wildman–Crippen LogP) is 1.14. The van der Waals surface area contributed by atoms with Gasteiger partial charge in [0.15, 0.2) is 0 Å². The van der Waals surface area contributed by atoms with Crippen molar-refractivity contribution in [2.24, 2.45) is 7.05 Å². The lowest BCUT2D eigenvalue weighted by atomic mass is 10.2. The Morgan fingerprint density at radius 2 is 2.25 bits per heavy atom. The predicted molar refractivity (Wildman–Crippen MR) is 50.6 cm³/mol. The van der Waals surface area contributed by atoms with Crippen LogP contribution in [0.5, 0.6) is 0 Å². The molecule has 68 valence electrons. The second-order valence-corrected chi connectivity index (χ2v) is 3.19. The van der Waals surface area contributed by atoms with Gasteiger partial charge in [0.05, 0.1) is 5.69 Å². The van der Waals surface area contributed by atoms with Gasteiger partial charge in [-0.25, -0.2) is 0 Å². The van der Waals surface area contributed by atoms with E-state index >= 15 is 0 Å². The van der Waals surface area contributed by atoms with Gasteiger partial charge in [0, 0.05) is 12.6 Å². The summed E-state index contributed by atoms with van der Waals surface area (Å²) in [5.41, 5.74) is 2.17. The van der Waals surface area contributed by atoms with E-state index in [1.807, 2.05) is 21.0 Å². The fourth-order valence-corrected chi connectivity index (χ4v) is 1.48. The van der Waals surface area contributed by atoms with Crippen molar-refractivity contribution in [3.8, 4) is 0 Å². The Balaban J connectivity index is 2.82. The van der Waals surface area contributed by atoms with Crippen molar-refractivity contribution in [1.29, 1.82) is 0 Å². The van der Waals surface area contributed by atoms with E-state index in [9.17, 15) is 0 Å². The molecule has 0 fully saturated rings. The normalized spacial score (nSPS) is 10.7. The molecule has 0 unspecified atom stereocenters. The maximum Gasteiger partial charge on any atom is 0.130 e. The molecule has 1 heterocycles. The maximum absolute atomic E-state index is 6.02. The molecule has 1 N–H and O–H groups in total. The number of hydrogen-bond donors (Lipinski definition) is 1. The minimum Gasteiger partial charge on any atom is -0.319 e. The Hall–Kier alpha value is -0.540. The Kier molecular flexibility index (Phi) is 3.12. The van der Waals surface area contributed by atoms with Gasteiger partial charge in [-0.05, 0) is 26.9 Å². The standard InChI is InChI=1S/C8H14ClN3/c1-6-7(4-5-10-2)8(9)12(3)11-6/h10H,4-5H2,1-3H3. The van der Waals surface area contributed by atoms with Crippen molar-refractivity contribution >= 4 is 11.6 Å². The zero-order valence-corrected chi connectivity index (χ0v) is 8.44. The zero-order valence-electron chi connectivity index (χ0n) is 7.69. The van der Waals surface area contributed by atoms with Crippen molar-refractivity contribution in [2.45, 2.75) is 13.3 Å². The van der Waals surface area contributed by atoms with Crippen LogP contribution < -0.4 is 5.32 Å². The van der Waals surface area contributed by atoms with Crippen molar-refractivity contribution in [2.75, 3.05) is 13.6 Å². The topological polar surface area (TPSA) is 29.9 Å². The molecule has 12 heavy (non-hydrogen) atoms. The van der Waals surface area contributed by atoms with Gasteiger partial charge in [-0.2, -0.15) is 5.10 Å². The van der Waals surface area contributed by atoms with E-state index in [1.165, 1.54) is 0 Å². The van der Waals surface area contributed by atoms with E-state index in [2.05, 4.69) is 10.4 Å². The van der Waals surface area contributed by atoms with Crippen LogP contribution in [-0.2, 0) is 13.5 Å². The third kappa shape index (κ3) is 1.79. The molecule has 0 saturated heterocycles. The van der Waals surface area contributed by atoms with Gasteiger partial charge < -0.3 is 5.32 Å². The van der Waals surface area contributed by atoms with Gasteiger partial charge >= 0.3 is 0 Å². The van der Waals surface area contributed by atoms with E-state index in [0.29, 0.717) is 0 Å². The first-order chi connectivity index (χ1) is 5.66. The molecule has 4 heteroatoms. The SMILES string of the molecule is CNCCc1c(C)nn(C)c1Cl. The van der Waals surface area contributed by atoms with Gasteiger partial charge in [-0.1, -0.05) is 11.6 Å². The highest BCUT2D eigenvalue weighted by Crippen LogP contribution is 2.18. The Morgan fingerprint density at radius 1 is 1.58 bits per heavy atom. The van der Waals surface area contributed by atoms with Crippen LogP contribution in [0, 0.1) is 6.92 Å². The molecule has 1 rings (SSSR count). The smallest absolute Gasteiger partial charge is 0.130 e. The Bertz CT molecular complexity index is 268. The Labute approximate surface area is 77.7 Å². The number of rotatable bonds is 3. The summed E-state index contributed by atoms with van der Waals surface area (Å²) in [5.74, 6) is 0. The first kappa shape index (κ1) is 9.55. The van der Waals surface area contributed by atoms with Gasteiger partial charge in [-0.3, -0.25) is 4.68 Å². The van der Waals surface area contributed by atoms with Gasteiger partial charge in [0.1, 0.15) is 5.15 Å². The molecule has 0 saturated carbocycles. The number of halogens is 1. The third-order valence-corrected chi connectivity index (χ3v) is 2.37. The molecule has 0 spiro atoms. The highest BCUT2D eigenvalue weighted by Gasteiger charge is 2.09. The fourth-order valence-electron chi connectivity index (χ4n) is 1.21. The van der Waals surface area contributed by atoms with Crippen molar-refractivity contribution < 1.29 is 0 Å². The van der Waals surface area contributed by atoms with Gasteiger partial charge in [0.25, 0.3) is 0 Å². The molecule has 0 aliphatic carbocycles. The summed E-state index contributed by atoms with van der Waals surface area (Å²) in [6.07, 6.45) is 0.939. The summed E-state index contributed by atoms with van der Waals surface area (Å²) in [6, 6.07) is 0. The van der Waals surface area contributed by atoms with Crippen molar-refractivity contribution in [3.63, 3.8) is 0 Å². The molecular weight excluding hydrogens is 174 g/mol. The minimum atomic E-state index is 0.753. The molecule has 0 aromatic carbocycles. The summed E-state index contributed by atoms with van der Waals surface area (Å²) >= 11 is 6.02. The highest BCUT2D eigenvalue weighted by atomic mass is 35.5. The second kappa shape index (κ2) is 3.92. The lowest BCUT2D eigenvalue weighted by Crippen LogP contribution is -2.10. The summed E-state index contributed by atoms with van der Waals surface area (Å²) in [7, 11) is 3.79. The molecular formula is C8H14ClN3. The molecule has 1 aromatic rings. The van der Waals surface area contributed by atoms with E-state index in [0.717, 1.165) is 29.4 Å². The lowest BCUT2D eigenvalue weighted by Gasteiger charge is -1.98. The average Bonchev–Trinajstić information content (AvgIpc) is 2.25. The molecule has 1 aromatic heterocycles. The summed E-state index contributed by atoms with van der Waals surface area (Å²) < 4.78 is 1.71. The van der Waals surface area contributed by atoms with E-state index in [1.54, 1.807) is 4.68 Å². The number of aryl methyl sites for hydroxylation is 2. The lowest BCUT2D eigenvalue weighted by molar-refractivity contribution is 0.756. The maximum atomic E-state index is 6.02. The fraction of sp³-hybridized carbons (Fsp3) is 0.625. The molecule has 0 atom stereocenters. The number of aromatic nitrogens is 2. The first-order valence-electron chi connectivity index (χ1n) is 3.99. The highest BCUT2D eigenvalue weighted by molar-refractivity contribution is 6.30. The monoisotopic (exact) mass is 187 g/mol. The molecule has 0 amide bonds. The van der Waals surface area contributed by atoms with Gasteiger partial charge in [-0.15, -0.1) is 0 Å². The molecule has 0 aliphatic rings. The van der Waals surface area contributed by atoms with Crippen LogP contribution in [0.4, 0.5) is 0 Å². The molecule has 3 nitrogen and oxygen atoms in total. The quantitative estimate of drug-likeness (QED) is 0.770. The average molecular weight is 188 g/mol. The van der Waals surface area contributed by atoms with Crippen molar-refractivity contribution in [1.82, 2.24) is 15.1 Å². The van der Waals surface area contributed by atoms with Crippen molar-refractivity contribution in [3.05, 3.63) is 16.4 Å². The van der Waals surface area contributed by atoms with Crippen LogP contribution in [0.15, 0.2) is 0 Å². The van der Waals surface area contributed by atoms with E-state index in [4.69, 9.17) is 11.6 Å². The minimum absolute atomic E-state index is 0.753. The largest absolute Gasteiger partial charge is 0.319 e. The first-order valence-corrected chi connectivity index (χ1v) is 4.37. The number of nitrogens with one attached hydrogen (secondary N) is 1. The van der Waals surface area contributed by atoms with Gasteiger partial charge in [0.2, 0.25) is 0 Å². The van der Waals surface area contributed by atoms with Crippen LogP contribution in [0.2, 0.25) is 5.15 Å². The van der Waals surface area contributed by atoms with Crippen LogP contribution in [0.3, 0.4) is 0 Å². The third-order valence-electron chi connectivity index (χ3n) is 1.89. The number of nitrogens with zero attached hydrogens (tertiary/aromatic N) is 2. The van der Waals surface area contributed by atoms with Crippen LogP contribution in [-0.4, -0.2) is 23.4 Å². The summed E-state index contributed by atoms with van der Waals surface area (Å²) in [5, 5.41) is 8.06. The van der Waals surface area contributed by atoms with E-state index < -0.39 is 0 Å². The van der Waals surface area contributed by atoms with Crippen LogP contribution in [0.1, 0.15) is 11.3 Å². The number of hydrogen-bond acceptors (Lipinski definition) is 2. The number of likely N-dealkylation sites (N-methyl/N-ethyl adjacent to an activating group) is 1. The summed E-state index contributed by atoms with van der Waals surface area (Å²) in [6.45, 7) is 2.92. The van der Waals surface area contributed by atoms with Crippen LogP contribution in [0.25, 0.3) is 0 Å². The Morgan fingerprint density at radius 3 is 2.67 bits per heavy atom.